The van der Waals surface area contributed by atoms with Gasteiger partial charge in [-0.1, -0.05) is 24.3 Å². The van der Waals surface area contributed by atoms with Gasteiger partial charge in [0.05, 0.1) is 22.2 Å². The highest BCUT2D eigenvalue weighted by Gasteiger charge is 2.54. The fourth-order valence-electron chi connectivity index (χ4n) is 6.47. The van der Waals surface area contributed by atoms with Crippen molar-refractivity contribution in [2.24, 2.45) is 28.3 Å². The van der Waals surface area contributed by atoms with Crippen LogP contribution in [0.4, 0.5) is 0 Å². The molecule has 0 unspecified atom stereocenters. The number of hydrogen-bond donors (Lipinski definition) is 1. The van der Waals surface area contributed by atoms with Crippen molar-refractivity contribution >= 4 is 23.5 Å². The van der Waals surface area contributed by atoms with Crippen LogP contribution >= 0.6 is 11.3 Å². The molecule has 2 aromatic heterocycles. The van der Waals surface area contributed by atoms with Crippen LogP contribution in [-0.4, -0.2) is 21.9 Å². The first-order valence-electron chi connectivity index (χ1n) is 11.2. The molecule has 4 bridgehead atoms. The van der Waals surface area contributed by atoms with Crippen molar-refractivity contribution in [3.63, 3.8) is 0 Å². The number of nitrogens with one attached hydrogen (secondary N) is 1. The van der Waals surface area contributed by atoms with E-state index in [4.69, 9.17) is 5.10 Å². The Morgan fingerprint density at radius 3 is 2.42 bits per heavy atom. The summed E-state index contributed by atoms with van der Waals surface area (Å²) < 4.78 is 1.87. The quantitative estimate of drug-likeness (QED) is 0.443. The van der Waals surface area contributed by atoms with Crippen molar-refractivity contribution in [1.29, 1.82) is 0 Å². The molecule has 4 saturated carbocycles. The molecule has 6 heteroatoms. The number of carbonyl (C=O) groups excluding carboxylic acids is 1. The van der Waals surface area contributed by atoms with E-state index in [0.29, 0.717) is 0 Å². The third-order valence-electron chi connectivity index (χ3n) is 7.41. The maximum atomic E-state index is 13.2. The van der Waals surface area contributed by atoms with Gasteiger partial charge in [-0.3, -0.25) is 4.79 Å². The fraction of sp³-hybridized carbons (Fsp3) is 0.400. The summed E-state index contributed by atoms with van der Waals surface area (Å²) in [6, 6.07) is 14.1. The number of amides is 1. The Labute approximate surface area is 186 Å². The first-order chi connectivity index (χ1) is 15.2. The average molecular weight is 431 g/mol. The van der Waals surface area contributed by atoms with Crippen LogP contribution < -0.4 is 5.43 Å². The Morgan fingerprint density at radius 1 is 1.06 bits per heavy atom. The van der Waals surface area contributed by atoms with Gasteiger partial charge in [-0.15, -0.1) is 11.3 Å². The van der Waals surface area contributed by atoms with Crippen molar-refractivity contribution < 1.29 is 4.79 Å². The number of hydrogen-bond acceptors (Lipinski definition) is 4. The third-order valence-corrected chi connectivity index (χ3v) is 8.28. The van der Waals surface area contributed by atoms with Crippen molar-refractivity contribution in [3.8, 4) is 16.3 Å². The highest BCUT2D eigenvalue weighted by molar-refractivity contribution is 7.13. The number of aromatic nitrogens is 2. The molecule has 0 aliphatic heterocycles. The van der Waals surface area contributed by atoms with E-state index in [1.807, 2.05) is 52.7 Å². The lowest BCUT2D eigenvalue weighted by Gasteiger charge is -2.55. The SMILES string of the molecule is O=C(N/N=C\c1cn(-c2ccccc2)nc1-c1cccs1)C12CC3CC(CC(C3)C1)C2. The normalized spacial score (nSPS) is 29.0. The van der Waals surface area contributed by atoms with E-state index in [2.05, 4.69) is 16.6 Å². The molecule has 1 N–H and O–H groups in total. The largest absolute Gasteiger partial charge is 0.273 e. The second-order valence-corrected chi connectivity index (χ2v) is 10.5. The monoisotopic (exact) mass is 430 g/mol. The van der Waals surface area contributed by atoms with E-state index in [0.717, 1.165) is 58.8 Å². The standard InChI is InChI=1S/C25H26N4OS/c30-24(25-12-17-9-18(13-25)11-19(10-17)14-25)27-26-15-20-16-29(21-5-2-1-3-6-21)28-23(20)22-7-4-8-31-22/h1-8,15-19H,9-14H2,(H,27,30)/b26-15-. The Kier molecular flexibility index (Phi) is 4.56. The molecule has 1 aromatic carbocycles. The Bertz CT molecular complexity index is 1080. The van der Waals surface area contributed by atoms with Gasteiger partial charge in [0.25, 0.3) is 0 Å². The van der Waals surface area contributed by atoms with E-state index in [-0.39, 0.29) is 11.3 Å². The van der Waals surface area contributed by atoms with Gasteiger partial charge in [0.2, 0.25) is 5.91 Å². The minimum atomic E-state index is -0.184. The van der Waals surface area contributed by atoms with Gasteiger partial charge in [0.1, 0.15) is 5.69 Å². The molecule has 4 aliphatic carbocycles. The Hall–Kier alpha value is -2.73. The summed E-state index contributed by atoms with van der Waals surface area (Å²) >= 11 is 1.65. The summed E-state index contributed by atoms with van der Waals surface area (Å²) in [6.07, 6.45) is 10.9. The minimum absolute atomic E-state index is 0.121. The van der Waals surface area contributed by atoms with E-state index < -0.39 is 0 Å². The molecule has 3 aromatic rings. The number of nitrogens with zero attached hydrogens (tertiary/aromatic N) is 3. The van der Waals surface area contributed by atoms with Gasteiger partial charge in [-0.2, -0.15) is 10.2 Å². The first kappa shape index (κ1) is 19.0. The van der Waals surface area contributed by atoms with E-state index in [9.17, 15) is 4.79 Å². The molecule has 0 spiro atoms. The van der Waals surface area contributed by atoms with Gasteiger partial charge < -0.3 is 0 Å². The molecular weight excluding hydrogens is 404 g/mol. The molecule has 0 radical (unpaired) electrons. The van der Waals surface area contributed by atoms with Gasteiger partial charge >= 0.3 is 0 Å². The predicted molar refractivity (Wildman–Crippen MR) is 123 cm³/mol. The van der Waals surface area contributed by atoms with E-state index in [1.54, 1.807) is 17.6 Å². The number of para-hydroxylation sites is 1. The molecule has 1 amide bonds. The van der Waals surface area contributed by atoms with Crippen LogP contribution in [0.25, 0.3) is 16.3 Å². The topological polar surface area (TPSA) is 59.3 Å². The molecule has 158 valence electrons. The minimum Gasteiger partial charge on any atom is -0.273 e. The summed E-state index contributed by atoms with van der Waals surface area (Å²) in [5, 5.41) is 11.2. The number of carbonyl (C=O) groups is 1. The second-order valence-electron chi connectivity index (χ2n) is 9.59. The van der Waals surface area contributed by atoms with Gasteiger partial charge in [0, 0.05) is 11.8 Å². The third kappa shape index (κ3) is 3.43. The summed E-state index contributed by atoms with van der Waals surface area (Å²) in [7, 11) is 0. The molecule has 7 rings (SSSR count). The summed E-state index contributed by atoms with van der Waals surface area (Å²) in [5.74, 6) is 2.36. The number of hydrazone groups is 1. The molecule has 4 aliphatic rings. The lowest BCUT2D eigenvalue weighted by Crippen LogP contribution is -2.52. The van der Waals surface area contributed by atoms with Crippen LogP contribution in [0, 0.1) is 23.2 Å². The maximum Gasteiger partial charge on any atom is 0.246 e. The van der Waals surface area contributed by atoms with Crippen molar-refractivity contribution in [1.82, 2.24) is 15.2 Å². The predicted octanol–water partition coefficient (Wildman–Crippen LogP) is 5.27. The molecular formula is C25H26N4OS. The van der Waals surface area contributed by atoms with Gasteiger partial charge in [-0.05, 0) is 79.9 Å². The van der Waals surface area contributed by atoms with Crippen LogP contribution in [0.2, 0.25) is 0 Å². The Morgan fingerprint density at radius 2 is 1.77 bits per heavy atom. The molecule has 2 heterocycles. The zero-order valence-corrected chi connectivity index (χ0v) is 18.2. The van der Waals surface area contributed by atoms with E-state index in [1.165, 1.54) is 19.3 Å². The zero-order chi connectivity index (χ0) is 20.8. The zero-order valence-electron chi connectivity index (χ0n) is 17.4. The van der Waals surface area contributed by atoms with Crippen LogP contribution in [0.1, 0.15) is 44.1 Å². The van der Waals surface area contributed by atoms with E-state index >= 15 is 0 Å². The summed E-state index contributed by atoms with van der Waals surface area (Å²) in [6.45, 7) is 0. The number of thiophene rings is 1. The molecule has 0 atom stereocenters. The lowest BCUT2D eigenvalue weighted by atomic mass is 9.49. The Balaban J connectivity index is 1.24. The van der Waals surface area contributed by atoms with Gasteiger partial charge in [0.15, 0.2) is 0 Å². The van der Waals surface area contributed by atoms with Crippen molar-refractivity contribution in [2.45, 2.75) is 38.5 Å². The fourth-order valence-corrected chi connectivity index (χ4v) is 7.20. The van der Waals surface area contributed by atoms with Crippen LogP contribution in [-0.2, 0) is 4.79 Å². The van der Waals surface area contributed by atoms with Crippen LogP contribution in [0.15, 0.2) is 59.1 Å². The molecule has 31 heavy (non-hydrogen) atoms. The van der Waals surface area contributed by atoms with Crippen LogP contribution in [0.3, 0.4) is 0 Å². The summed E-state index contributed by atoms with van der Waals surface area (Å²) in [5.41, 5.74) is 5.50. The highest BCUT2D eigenvalue weighted by atomic mass is 32.1. The molecule has 4 fully saturated rings. The highest BCUT2D eigenvalue weighted by Crippen LogP contribution is 2.60. The summed E-state index contributed by atoms with van der Waals surface area (Å²) in [4.78, 5) is 14.3. The van der Waals surface area contributed by atoms with Crippen molar-refractivity contribution in [2.75, 3.05) is 0 Å². The smallest absolute Gasteiger partial charge is 0.246 e. The molecule has 0 saturated heterocycles. The maximum absolute atomic E-state index is 13.2. The van der Waals surface area contributed by atoms with Crippen molar-refractivity contribution in [3.05, 3.63) is 59.6 Å². The second kappa shape index (κ2) is 7.45. The first-order valence-corrected chi connectivity index (χ1v) is 12.1. The number of rotatable bonds is 5. The molecule has 5 nitrogen and oxygen atoms in total. The lowest BCUT2D eigenvalue weighted by molar-refractivity contribution is -0.146. The van der Waals surface area contributed by atoms with Crippen LogP contribution in [0.5, 0.6) is 0 Å². The number of benzene rings is 1. The average Bonchev–Trinajstić information content (AvgIpc) is 3.43. The van der Waals surface area contributed by atoms with Gasteiger partial charge in [-0.25, -0.2) is 10.1 Å².